The van der Waals surface area contributed by atoms with E-state index >= 15 is 0 Å². The largest absolute Gasteiger partial charge is 0.372 e. The molecule has 0 bridgehead atoms. The SMILES string of the molecule is CC1CN(c2ccc(NC(=O)Cn3ncc4ccccc4c3=O)cc2)CC(C)O1. The van der Waals surface area contributed by atoms with E-state index in [4.69, 9.17) is 4.74 Å². The van der Waals surface area contributed by atoms with Crippen LogP contribution in [0.3, 0.4) is 0 Å². The quantitative estimate of drug-likeness (QED) is 0.739. The van der Waals surface area contributed by atoms with Crippen LogP contribution in [0.15, 0.2) is 59.5 Å². The smallest absolute Gasteiger partial charge is 0.275 e. The third-order valence-corrected chi connectivity index (χ3v) is 4.99. The van der Waals surface area contributed by atoms with Gasteiger partial charge in [0, 0.05) is 29.9 Å². The summed E-state index contributed by atoms with van der Waals surface area (Å²) in [6.45, 7) is 5.68. The molecule has 1 saturated heterocycles. The Morgan fingerprint density at radius 2 is 1.79 bits per heavy atom. The number of anilines is 2. The average molecular weight is 392 g/mol. The third-order valence-electron chi connectivity index (χ3n) is 4.99. The highest BCUT2D eigenvalue weighted by molar-refractivity contribution is 5.91. The van der Waals surface area contributed by atoms with E-state index in [2.05, 4.69) is 29.2 Å². The van der Waals surface area contributed by atoms with Crippen LogP contribution in [0.5, 0.6) is 0 Å². The third kappa shape index (κ3) is 4.30. The number of amides is 1. The van der Waals surface area contributed by atoms with Gasteiger partial charge in [0.2, 0.25) is 5.91 Å². The lowest BCUT2D eigenvalue weighted by Gasteiger charge is -2.36. The lowest BCUT2D eigenvalue weighted by atomic mass is 10.2. The number of benzene rings is 2. The molecule has 2 unspecified atom stereocenters. The minimum absolute atomic E-state index is 0.135. The summed E-state index contributed by atoms with van der Waals surface area (Å²) < 4.78 is 6.96. The van der Waals surface area contributed by atoms with Crippen molar-refractivity contribution in [2.75, 3.05) is 23.3 Å². The molecule has 1 aromatic heterocycles. The molecule has 150 valence electrons. The number of hydrogen-bond acceptors (Lipinski definition) is 5. The minimum Gasteiger partial charge on any atom is -0.372 e. The Balaban J connectivity index is 1.42. The predicted octanol–water partition coefficient (Wildman–Crippen LogP) is 2.65. The number of fused-ring (bicyclic) bond motifs is 1. The van der Waals surface area contributed by atoms with Crippen molar-refractivity contribution in [3.8, 4) is 0 Å². The van der Waals surface area contributed by atoms with E-state index in [1.165, 1.54) is 4.68 Å². The van der Waals surface area contributed by atoms with Crippen LogP contribution in [0.4, 0.5) is 11.4 Å². The summed E-state index contributed by atoms with van der Waals surface area (Å²) in [5, 5.41) is 8.24. The zero-order valence-electron chi connectivity index (χ0n) is 16.5. The molecular formula is C22H24N4O3. The molecule has 1 aliphatic rings. The number of nitrogens with zero attached hydrogens (tertiary/aromatic N) is 3. The summed E-state index contributed by atoms with van der Waals surface area (Å²) in [4.78, 5) is 27.2. The Kier molecular flexibility index (Phi) is 5.31. The van der Waals surface area contributed by atoms with Gasteiger partial charge in [-0.2, -0.15) is 5.10 Å². The first kappa shape index (κ1) is 19.1. The van der Waals surface area contributed by atoms with Crippen molar-refractivity contribution >= 4 is 28.1 Å². The van der Waals surface area contributed by atoms with Crippen molar-refractivity contribution in [2.45, 2.75) is 32.6 Å². The molecule has 2 aromatic carbocycles. The van der Waals surface area contributed by atoms with Gasteiger partial charge in [-0.1, -0.05) is 18.2 Å². The molecule has 3 aromatic rings. The second-order valence-electron chi connectivity index (χ2n) is 7.45. The summed E-state index contributed by atoms with van der Waals surface area (Å²) >= 11 is 0. The lowest BCUT2D eigenvalue weighted by Crippen LogP contribution is -2.45. The van der Waals surface area contributed by atoms with Crippen molar-refractivity contribution < 1.29 is 9.53 Å². The molecular weight excluding hydrogens is 368 g/mol. The van der Waals surface area contributed by atoms with Crippen LogP contribution >= 0.6 is 0 Å². The van der Waals surface area contributed by atoms with Gasteiger partial charge >= 0.3 is 0 Å². The fourth-order valence-corrected chi connectivity index (χ4v) is 3.72. The van der Waals surface area contributed by atoms with E-state index in [-0.39, 0.29) is 30.2 Å². The molecule has 0 spiro atoms. The van der Waals surface area contributed by atoms with Gasteiger partial charge < -0.3 is 15.0 Å². The normalized spacial score (nSPS) is 19.3. The summed E-state index contributed by atoms with van der Waals surface area (Å²) in [6, 6.07) is 14.9. The number of nitrogens with one attached hydrogen (secondary N) is 1. The Morgan fingerprint density at radius 1 is 1.10 bits per heavy atom. The molecule has 1 N–H and O–H groups in total. The zero-order valence-corrected chi connectivity index (χ0v) is 16.5. The van der Waals surface area contributed by atoms with Gasteiger partial charge in [-0.25, -0.2) is 4.68 Å². The molecule has 0 aliphatic carbocycles. The Bertz CT molecular complexity index is 1070. The van der Waals surface area contributed by atoms with E-state index in [0.717, 1.165) is 24.2 Å². The van der Waals surface area contributed by atoms with Gasteiger partial charge in [0.25, 0.3) is 5.56 Å². The van der Waals surface area contributed by atoms with E-state index in [1.807, 2.05) is 36.4 Å². The standard InChI is InChI=1S/C22H24N4O3/c1-15-12-25(13-16(2)29-15)19-9-7-18(8-10-19)24-21(27)14-26-22(28)20-6-4-3-5-17(20)11-23-26/h3-11,15-16H,12-14H2,1-2H3,(H,24,27). The number of ether oxygens (including phenoxy) is 1. The van der Waals surface area contributed by atoms with Crippen LogP contribution in [0.1, 0.15) is 13.8 Å². The number of hydrogen-bond donors (Lipinski definition) is 1. The number of rotatable bonds is 4. The van der Waals surface area contributed by atoms with E-state index in [0.29, 0.717) is 11.1 Å². The highest BCUT2D eigenvalue weighted by Gasteiger charge is 2.22. The van der Waals surface area contributed by atoms with Crippen LogP contribution in [0, 0.1) is 0 Å². The van der Waals surface area contributed by atoms with Crippen molar-refractivity contribution in [1.82, 2.24) is 9.78 Å². The summed E-state index contributed by atoms with van der Waals surface area (Å²) in [5.74, 6) is -0.295. The van der Waals surface area contributed by atoms with Crippen molar-refractivity contribution in [2.24, 2.45) is 0 Å². The highest BCUT2D eigenvalue weighted by Crippen LogP contribution is 2.22. The maximum absolute atomic E-state index is 12.5. The van der Waals surface area contributed by atoms with Crippen LogP contribution < -0.4 is 15.8 Å². The van der Waals surface area contributed by atoms with Gasteiger partial charge in [0.05, 0.1) is 23.8 Å². The fourth-order valence-electron chi connectivity index (χ4n) is 3.72. The molecule has 7 nitrogen and oxygen atoms in total. The summed E-state index contributed by atoms with van der Waals surface area (Å²) in [6.07, 6.45) is 1.97. The predicted molar refractivity (Wildman–Crippen MR) is 113 cm³/mol. The molecule has 0 saturated carbocycles. The monoisotopic (exact) mass is 392 g/mol. The Morgan fingerprint density at radius 3 is 2.52 bits per heavy atom. The molecule has 29 heavy (non-hydrogen) atoms. The second-order valence-corrected chi connectivity index (χ2v) is 7.45. The fraction of sp³-hybridized carbons (Fsp3) is 0.318. The highest BCUT2D eigenvalue weighted by atomic mass is 16.5. The molecule has 7 heteroatoms. The van der Waals surface area contributed by atoms with Gasteiger partial charge in [0.15, 0.2) is 0 Å². The van der Waals surface area contributed by atoms with Gasteiger partial charge in [0.1, 0.15) is 6.54 Å². The van der Waals surface area contributed by atoms with Gasteiger partial charge in [-0.3, -0.25) is 9.59 Å². The number of aromatic nitrogens is 2. The maximum atomic E-state index is 12.5. The Hall–Kier alpha value is -3.19. The first-order valence-corrected chi connectivity index (χ1v) is 9.75. The minimum atomic E-state index is -0.295. The summed E-state index contributed by atoms with van der Waals surface area (Å²) in [7, 11) is 0. The number of carbonyl (C=O) groups is 1. The molecule has 1 amide bonds. The number of morpholine rings is 1. The second kappa shape index (κ2) is 8.05. The van der Waals surface area contributed by atoms with Crippen LogP contribution in [0.25, 0.3) is 10.8 Å². The van der Waals surface area contributed by atoms with Crippen LogP contribution in [-0.4, -0.2) is 41.0 Å². The summed E-state index contributed by atoms with van der Waals surface area (Å²) in [5.41, 5.74) is 1.50. The molecule has 2 heterocycles. The average Bonchev–Trinajstić information content (AvgIpc) is 2.70. The van der Waals surface area contributed by atoms with Gasteiger partial charge in [-0.05, 0) is 44.2 Å². The van der Waals surface area contributed by atoms with Crippen molar-refractivity contribution in [3.63, 3.8) is 0 Å². The maximum Gasteiger partial charge on any atom is 0.275 e. The lowest BCUT2D eigenvalue weighted by molar-refractivity contribution is -0.117. The first-order valence-electron chi connectivity index (χ1n) is 9.75. The number of carbonyl (C=O) groups excluding carboxylic acids is 1. The van der Waals surface area contributed by atoms with E-state index in [9.17, 15) is 9.59 Å². The van der Waals surface area contributed by atoms with Gasteiger partial charge in [-0.15, -0.1) is 0 Å². The van der Waals surface area contributed by atoms with E-state index in [1.54, 1.807) is 18.3 Å². The molecule has 0 radical (unpaired) electrons. The van der Waals surface area contributed by atoms with E-state index < -0.39 is 0 Å². The van der Waals surface area contributed by atoms with Crippen molar-refractivity contribution in [1.29, 1.82) is 0 Å². The van der Waals surface area contributed by atoms with Crippen molar-refractivity contribution in [3.05, 3.63) is 65.1 Å². The molecule has 1 fully saturated rings. The Labute approximate surface area is 168 Å². The molecule has 2 atom stereocenters. The first-order chi connectivity index (χ1) is 14.0. The molecule has 4 rings (SSSR count). The van der Waals surface area contributed by atoms with Crippen LogP contribution in [0.2, 0.25) is 0 Å². The van der Waals surface area contributed by atoms with Crippen LogP contribution in [-0.2, 0) is 16.1 Å². The zero-order chi connectivity index (χ0) is 20.4. The topological polar surface area (TPSA) is 76.5 Å². The molecule has 1 aliphatic heterocycles.